The Morgan fingerprint density at radius 2 is 1.54 bits per heavy atom. The number of hydrogen-bond acceptors (Lipinski definition) is 0. The van der Waals surface area contributed by atoms with E-state index < -0.39 is 0 Å². The van der Waals surface area contributed by atoms with Crippen LogP contribution in [0.1, 0.15) is 20.3 Å². The van der Waals surface area contributed by atoms with Gasteiger partial charge >= 0.3 is 0 Å². The molecule has 0 unspecified atom stereocenters. The van der Waals surface area contributed by atoms with E-state index in [0.29, 0.717) is 0 Å². The Balaban J connectivity index is 3.97. The normalized spacial score (nSPS) is 6.31. The van der Waals surface area contributed by atoms with Gasteiger partial charge in [0.25, 0.3) is 0 Å². The monoisotopic (exact) mass is 166 g/mol. The average Bonchev–Trinajstić information content (AvgIpc) is 2.16. The number of allylic oxidation sites excluding steroid dienone is 2. The van der Waals surface area contributed by atoms with E-state index in [1.54, 1.807) is 13.0 Å². The molecule has 0 N–H and O–H groups in total. The second kappa shape index (κ2) is 9.98. The Morgan fingerprint density at radius 1 is 0.923 bits per heavy atom. The summed E-state index contributed by atoms with van der Waals surface area (Å²) in [7, 11) is 0. The molecule has 0 aromatic heterocycles. The standard InChI is InChI=1S/C13H10/c1-3-5-7-9-11-13-12-10-8-6-4-2/h5,7H,3H2,1-2H3/b7-5+. The van der Waals surface area contributed by atoms with Crippen LogP contribution in [-0.2, 0) is 0 Å². The Labute approximate surface area is 80.4 Å². The molecule has 0 aliphatic carbocycles. The molecule has 0 aliphatic heterocycles. The molecule has 0 saturated heterocycles. The Morgan fingerprint density at radius 3 is 2.15 bits per heavy atom. The maximum absolute atomic E-state index is 2.77. The van der Waals surface area contributed by atoms with Crippen LogP contribution >= 0.6 is 0 Å². The van der Waals surface area contributed by atoms with Gasteiger partial charge in [0.2, 0.25) is 0 Å². The summed E-state index contributed by atoms with van der Waals surface area (Å²) in [5.41, 5.74) is 0. The third kappa shape index (κ3) is 9.98. The van der Waals surface area contributed by atoms with Crippen LogP contribution in [0.4, 0.5) is 0 Å². The summed E-state index contributed by atoms with van der Waals surface area (Å²) in [4.78, 5) is 0. The van der Waals surface area contributed by atoms with Gasteiger partial charge in [0.1, 0.15) is 0 Å². The lowest BCUT2D eigenvalue weighted by Gasteiger charge is -1.67. The van der Waals surface area contributed by atoms with Crippen molar-refractivity contribution in [1.82, 2.24) is 0 Å². The smallest absolute Gasteiger partial charge is 0.0000226 e. The van der Waals surface area contributed by atoms with Crippen LogP contribution in [0.5, 0.6) is 0 Å². The van der Waals surface area contributed by atoms with Crippen molar-refractivity contribution in [3.8, 4) is 47.4 Å². The molecule has 0 aromatic rings. The van der Waals surface area contributed by atoms with Crippen LogP contribution in [0.15, 0.2) is 12.2 Å². The molecule has 0 atom stereocenters. The fourth-order valence-corrected chi connectivity index (χ4v) is 0.442. The fraction of sp³-hybridized carbons (Fsp3) is 0.231. The van der Waals surface area contributed by atoms with Gasteiger partial charge in [-0.25, -0.2) is 0 Å². The van der Waals surface area contributed by atoms with Gasteiger partial charge in [-0.1, -0.05) is 24.8 Å². The molecule has 0 heteroatoms. The maximum Gasteiger partial charge on any atom is -0.0000226 e. The first-order chi connectivity index (χ1) is 6.41. The molecule has 0 amide bonds. The zero-order chi connectivity index (χ0) is 9.78. The van der Waals surface area contributed by atoms with Gasteiger partial charge in [-0.3, -0.25) is 0 Å². The Kier molecular flexibility index (Phi) is 8.43. The van der Waals surface area contributed by atoms with Gasteiger partial charge in [-0.05, 0) is 54.9 Å². The minimum Gasteiger partial charge on any atom is -0.0925 e. The quantitative estimate of drug-likeness (QED) is 0.522. The molecule has 0 heterocycles. The summed E-state index contributed by atoms with van der Waals surface area (Å²) in [5, 5.41) is 0. The van der Waals surface area contributed by atoms with Crippen molar-refractivity contribution in [2.45, 2.75) is 20.3 Å². The molecule has 0 rings (SSSR count). The van der Waals surface area contributed by atoms with Crippen LogP contribution in [0, 0.1) is 47.4 Å². The third-order valence-corrected chi connectivity index (χ3v) is 0.947. The molecule has 0 spiro atoms. The SMILES string of the molecule is CC#CC#CC#CC#C/C=C/CC. The second-order valence-corrected chi connectivity index (χ2v) is 1.95. The van der Waals surface area contributed by atoms with E-state index in [0.717, 1.165) is 6.42 Å². The zero-order valence-electron chi connectivity index (χ0n) is 7.86. The summed E-state index contributed by atoms with van der Waals surface area (Å²) in [6.45, 7) is 3.79. The van der Waals surface area contributed by atoms with Crippen LogP contribution in [0.3, 0.4) is 0 Å². The first kappa shape index (κ1) is 11.0. The first-order valence-electron chi connectivity index (χ1n) is 3.99. The lowest BCUT2D eigenvalue weighted by atomic mass is 10.4. The Hall–Kier alpha value is -2.02. The molecule has 0 aromatic carbocycles. The van der Waals surface area contributed by atoms with Gasteiger partial charge in [0.15, 0.2) is 0 Å². The van der Waals surface area contributed by atoms with Gasteiger partial charge < -0.3 is 0 Å². The highest BCUT2D eigenvalue weighted by molar-refractivity contribution is 5.40. The minimum atomic E-state index is 0.994. The van der Waals surface area contributed by atoms with Crippen molar-refractivity contribution >= 4 is 0 Å². The molecule has 62 valence electrons. The molecular formula is C13H10. The van der Waals surface area contributed by atoms with E-state index in [9.17, 15) is 0 Å². The van der Waals surface area contributed by atoms with Crippen LogP contribution < -0.4 is 0 Å². The highest BCUT2D eigenvalue weighted by Gasteiger charge is 1.59. The third-order valence-electron chi connectivity index (χ3n) is 0.947. The molecular weight excluding hydrogens is 156 g/mol. The van der Waals surface area contributed by atoms with Crippen molar-refractivity contribution in [2.24, 2.45) is 0 Å². The lowest BCUT2D eigenvalue weighted by molar-refractivity contribution is 1.23. The predicted octanol–water partition coefficient (Wildman–Crippen LogP) is 1.99. The van der Waals surface area contributed by atoms with Crippen molar-refractivity contribution in [3.63, 3.8) is 0 Å². The topological polar surface area (TPSA) is 0 Å². The van der Waals surface area contributed by atoms with Crippen LogP contribution in [-0.4, -0.2) is 0 Å². The summed E-state index contributed by atoms with van der Waals surface area (Å²) < 4.78 is 0. The zero-order valence-corrected chi connectivity index (χ0v) is 7.86. The highest BCUT2D eigenvalue weighted by atomic mass is 13.6. The fourth-order valence-electron chi connectivity index (χ4n) is 0.442. The van der Waals surface area contributed by atoms with Crippen molar-refractivity contribution < 1.29 is 0 Å². The highest BCUT2D eigenvalue weighted by Crippen LogP contribution is 1.75. The van der Waals surface area contributed by atoms with E-state index in [1.807, 2.05) is 6.08 Å². The van der Waals surface area contributed by atoms with Crippen LogP contribution in [0.2, 0.25) is 0 Å². The van der Waals surface area contributed by atoms with E-state index in [4.69, 9.17) is 0 Å². The van der Waals surface area contributed by atoms with Gasteiger partial charge in [0.05, 0.1) is 0 Å². The summed E-state index contributed by atoms with van der Waals surface area (Å²) in [5.74, 6) is 21.0. The van der Waals surface area contributed by atoms with E-state index in [-0.39, 0.29) is 0 Å². The Bertz CT molecular complexity index is 392. The number of rotatable bonds is 1. The number of hydrogen-bond donors (Lipinski definition) is 0. The summed E-state index contributed by atoms with van der Waals surface area (Å²) in [6.07, 6.45) is 4.75. The second-order valence-electron chi connectivity index (χ2n) is 1.95. The van der Waals surface area contributed by atoms with Gasteiger partial charge in [0, 0.05) is 0 Å². The molecule has 13 heavy (non-hydrogen) atoms. The molecule has 0 bridgehead atoms. The summed E-state index contributed by atoms with van der Waals surface area (Å²) in [6, 6.07) is 0. The molecule has 0 saturated carbocycles. The molecule has 0 nitrogen and oxygen atoms in total. The van der Waals surface area contributed by atoms with E-state index in [2.05, 4.69) is 54.3 Å². The minimum absolute atomic E-state index is 0.994. The lowest BCUT2D eigenvalue weighted by Crippen LogP contribution is -1.54. The summed E-state index contributed by atoms with van der Waals surface area (Å²) >= 11 is 0. The van der Waals surface area contributed by atoms with Crippen molar-refractivity contribution in [1.29, 1.82) is 0 Å². The average molecular weight is 166 g/mol. The van der Waals surface area contributed by atoms with Crippen molar-refractivity contribution in [3.05, 3.63) is 12.2 Å². The largest absolute Gasteiger partial charge is 0.0925 e. The molecule has 0 fully saturated rings. The molecule has 0 radical (unpaired) electrons. The van der Waals surface area contributed by atoms with Gasteiger partial charge in [-0.2, -0.15) is 0 Å². The van der Waals surface area contributed by atoms with Crippen molar-refractivity contribution in [2.75, 3.05) is 0 Å². The predicted molar refractivity (Wildman–Crippen MR) is 56.2 cm³/mol. The maximum atomic E-state index is 2.77. The van der Waals surface area contributed by atoms with E-state index in [1.165, 1.54) is 0 Å². The first-order valence-corrected chi connectivity index (χ1v) is 3.99. The van der Waals surface area contributed by atoms with Crippen LogP contribution in [0.25, 0.3) is 0 Å². The molecule has 0 aliphatic rings. The van der Waals surface area contributed by atoms with Gasteiger partial charge in [-0.15, -0.1) is 0 Å². The van der Waals surface area contributed by atoms with E-state index >= 15 is 0 Å².